The van der Waals surface area contributed by atoms with Gasteiger partial charge in [-0.25, -0.2) is 4.79 Å². The predicted octanol–water partition coefficient (Wildman–Crippen LogP) is 3.85. The summed E-state index contributed by atoms with van der Waals surface area (Å²) in [5, 5.41) is 2.64. The van der Waals surface area contributed by atoms with Crippen molar-refractivity contribution in [2.75, 3.05) is 0 Å². The van der Waals surface area contributed by atoms with Crippen molar-refractivity contribution < 1.29 is 9.59 Å². The molecule has 5 heteroatoms. The lowest BCUT2D eigenvalue weighted by Crippen LogP contribution is -2.30. The summed E-state index contributed by atoms with van der Waals surface area (Å²) in [7, 11) is 0. The number of carbonyl (C=O) groups is 2. The zero-order chi connectivity index (χ0) is 16.4. The highest BCUT2D eigenvalue weighted by molar-refractivity contribution is 9.10. The second-order valence-corrected chi connectivity index (χ2v) is 6.24. The minimum absolute atomic E-state index is 0.262. The van der Waals surface area contributed by atoms with E-state index in [1.807, 2.05) is 55.5 Å². The van der Waals surface area contributed by atoms with Gasteiger partial charge in [0, 0.05) is 4.47 Å². The Morgan fingerprint density at radius 3 is 2.48 bits per heavy atom. The van der Waals surface area contributed by atoms with Gasteiger partial charge in [-0.05, 0) is 30.2 Å². The summed E-state index contributed by atoms with van der Waals surface area (Å²) in [4.78, 5) is 25.8. The summed E-state index contributed by atoms with van der Waals surface area (Å²) in [6.45, 7) is 2.26. The van der Waals surface area contributed by atoms with Crippen molar-refractivity contribution in [1.82, 2.24) is 10.2 Å². The van der Waals surface area contributed by atoms with Crippen molar-refractivity contribution in [3.8, 4) is 0 Å². The molecule has 0 aromatic heterocycles. The van der Waals surface area contributed by atoms with Gasteiger partial charge in [0.1, 0.15) is 5.70 Å². The molecule has 0 spiro atoms. The molecule has 3 rings (SSSR count). The highest BCUT2D eigenvalue weighted by atomic mass is 79.9. The molecule has 0 radical (unpaired) electrons. The normalized spacial score (nSPS) is 16.1. The van der Waals surface area contributed by atoms with E-state index in [-0.39, 0.29) is 18.1 Å². The number of amides is 3. The first-order valence-corrected chi connectivity index (χ1v) is 7.98. The monoisotopic (exact) mass is 370 g/mol. The topological polar surface area (TPSA) is 49.4 Å². The lowest BCUT2D eigenvalue weighted by atomic mass is 10.1. The summed E-state index contributed by atoms with van der Waals surface area (Å²) < 4.78 is 0.867. The van der Waals surface area contributed by atoms with Crippen LogP contribution < -0.4 is 5.32 Å². The van der Waals surface area contributed by atoms with Gasteiger partial charge in [0.25, 0.3) is 5.91 Å². The molecule has 1 aliphatic rings. The van der Waals surface area contributed by atoms with Crippen LogP contribution in [0.3, 0.4) is 0 Å². The lowest BCUT2D eigenvalue weighted by Gasteiger charge is -2.11. The molecular formula is C18H15BrN2O2. The first-order chi connectivity index (χ1) is 11.0. The molecule has 1 saturated heterocycles. The van der Waals surface area contributed by atoms with Crippen molar-refractivity contribution in [1.29, 1.82) is 0 Å². The van der Waals surface area contributed by atoms with Gasteiger partial charge in [-0.2, -0.15) is 0 Å². The molecule has 2 aromatic rings. The number of hydrogen-bond donors (Lipinski definition) is 1. The first kappa shape index (κ1) is 15.5. The Morgan fingerprint density at radius 1 is 1.09 bits per heavy atom. The zero-order valence-electron chi connectivity index (χ0n) is 12.5. The zero-order valence-corrected chi connectivity index (χ0v) is 14.1. The van der Waals surface area contributed by atoms with E-state index in [2.05, 4.69) is 21.2 Å². The second kappa shape index (κ2) is 6.38. The number of halogens is 1. The van der Waals surface area contributed by atoms with Crippen LogP contribution in [-0.2, 0) is 11.3 Å². The number of aryl methyl sites for hydroxylation is 1. The van der Waals surface area contributed by atoms with Crippen LogP contribution in [0.4, 0.5) is 4.79 Å². The van der Waals surface area contributed by atoms with Crippen LogP contribution in [0.1, 0.15) is 16.7 Å². The fourth-order valence-corrected chi connectivity index (χ4v) is 2.74. The Hall–Kier alpha value is -2.40. The highest BCUT2D eigenvalue weighted by Gasteiger charge is 2.33. The molecule has 0 saturated carbocycles. The highest BCUT2D eigenvalue weighted by Crippen LogP contribution is 2.21. The number of hydrogen-bond acceptors (Lipinski definition) is 2. The van der Waals surface area contributed by atoms with E-state index in [1.54, 1.807) is 6.08 Å². The van der Waals surface area contributed by atoms with Crippen LogP contribution in [0, 0.1) is 6.92 Å². The van der Waals surface area contributed by atoms with E-state index >= 15 is 0 Å². The van der Waals surface area contributed by atoms with Crippen LogP contribution in [0.15, 0.2) is 58.7 Å². The quantitative estimate of drug-likeness (QED) is 0.658. The van der Waals surface area contributed by atoms with Crippen LogP contribution in [-0.4, -0.2) is 16.8 Å². The third kappa shape index (κ3) is 3.35. The fourth-order valence-electron chi connectivity index (χ4n) is 2.34. The molecule has 3 amide bonds. The van der Waals surface area contributed by atoms with Gasteiger partial charge in [-0.1, -0.05) is 64.0 Å². The van der Waals surface area contributed by atoms with Gasteiger partial charge in [0.15, 0.2) is 0 Å². The summed E-state index contributed by atoms with van der Waals surface area (Å²) in [6, 6.07) is 14.9. The van der Waals surface area contributed by atoms with E-state index < -0.39 is 6.03 Å². The molecule has 116 valence electrons. The summed E-state index contributed by atoms with van der Waals surface area (Å²) in [5.41, 5.74) is 3.18. The van der Waals surface area contributed by atoms with Gasteiger partial charge in [0.05, 0.1) is 6.54 Å². The average molecular weight is 371 g/mol. The van der Waals surface area contributed by atoms with Crippen LogP contribution in [0.5, 0.6) is 0 Å². The molecule has 1 fully saturated rings. The molecule has 1 N–H and O–H groups in total. The molecule has 1 heterocycles. The van der Waals surface area contributed by atoms with Crippen molar-refractivity contribution >= 4 is 33.9 Å². The second-order valence-electron chi connectivity index (χ2n) is 5.39. The fraction of sp³-hybridized carbons (Fsp3) is 0.111. The largest absolute Gasteiger partial charge is 0.329 e. The minimum Gasteiger partial charge on any atom is -0.303 e. The maximum Gasteiger partial charge on any atom is 0.329 e. The van der Waals surface area contributed by atoms with E-state index in [4.69, 9.17) is 0 Å². The molecule has 2 aromatic carbocycles. The average Bonchev–Trinajstić information content (AvgIpc) is 2.79. The van der Waals surface area contributed by atoms with Gasteiger partial charge >= 0.3 is 6.03 Å². The number of urea groups is 1. The summed E-state index contributed by atoms with van der Waals surface area (Å²) >= 11 is 3.43. The van der Waals surface area contributed by atoms with Crippen molar-refractivity contribution in [2.24, 2.45) is 0 Å². The molecule has 4 nitrogen and oxygen atoms in total. The Morgan fingerprint density at radius 2 is 1.78 bits per heavy atom. The van der Waals surface area contributed by atoms with Crippen molar-refractivity contribution in [3.05, 3.63) is 75.4 Å². The third-order valence-electron chi connectivity index (χ3n) is 3.63. The standard InChI is InChI=1S/C18H15BrN2O2/c1-12-6-8-13(9-7-12)11-21-17(22)16(20-18(21)23)10-14-4-2-3-5-15(14)19/h2-10H,11H2,1H3,(H,20,23)/b16-10+. The van der Waals surface area contributed by atoms with Gasteiger partial charge < -0.3 is 5.32 Å². The lowest BCUT2D eigenvalue weighted by molar-refractivity contribution is -0.123. The number of carbonyl (C=O) groups excluding carboxylic acids is 2. The number of benzene rings is 2. The molecule has 1 aliphatic heterocycles. The van der Waals surface area contributed by atoms with Gasteiger partial charge in [-0.3, -0.25) is 9.69 Å². The predicted molar refractivity (Wildman–Crippen MR) is 92.4 cm³/mol. The number of nitrogens with zero attached hydrogens (tertiary/aromatic N) is 1. The molecule has 0 aliphatic carbocycles. The Labute approximate surface area is 142 Å². The van der Waals surface area contributed by atoms with E-state index in [1.165, 1.54) is 4.90 Å². The van der Waals surface area contributed by atoms with Gasteiger partial charge in [-0.15, -0.1) is 0 Å². The number of nitrogens with one attached hydrogen (secondary N) is 1. The molecule has 23 heavy (non-hydrogen) atoms. The van der Waals surface area contributed by atoms with E-state index in [9.17, 15) is 9.59 Å². The first-order valence-electron chi connectivity index (χ1n) is 7.19. The van der Waals surface area contributed by atoms with Crippen LogP contribution in [0.2, 0.25) is 0 Å². The van der Waals surface area contributed by atoms with Crippen LogP contribution in [0.25, 0.3) is 6.08 Å². The Bertz CT molecular complexity index is 797. The minimum atomic E-state index is -0.395. The maximum absolute atomic E-state index is 12.5. The molecule has 0 unspecified atom stereocenters. The molecule has 0 bridgehead atoms. The maximum atomic E-state index is 12.5. The third-order valence-corrected chi connectivity index (χ3v) is 4.35. The number of rotatable bonds is 3. The van der Waals surface area contributed by atoms with E-state index in [0.29, 0.717) is 0 Å². The Kier molecular flexibility index (Phi) is 4.30. The summed E-state index contributed by atoms with van der Waals surface area (Å²) in [5.74, 6) is -0.314. The molecular weight excluding hydrogens is 356 g/mol. The summed E-state index contributed by atoms with van der Waals surface area (Å²) in [6.07, 6.45) is 1.68. The van der Waals surface area contributed by atoms with E-state index in [0.717, 1.165) is 21.2 Å². The van der Waals surface area contributed by atoms with Gasteiger partial charge in [0.2, 0.25) is 0 Å². The smallest absolute Gasteiger partial charge is 0.303 e. The SMILES string of the molecule is Cc1ccc(CN2C(=O)N/C(=C/c3ccccc3Br)C2=O)cc1. The van der Waals surface area contributed by atoms with Crippen molar-refractivity contribution in [3.63, 3.8) is 0 Å². The van der Waals surface area contributed by atoms with Crippen LogP contribution >= 0.6 is 15.9 Å². The van der Waals surface area contributed by atoms with Crippen molar-refractivity contribution in [2.45, 2.75) is 13.5 Å². The molecule has 0 atom stereocenters. The number of imide groups is 1. The Balaban J connectivity index is 1.82.